The van der Waals surface area contributed by atoms with Gasteiger partial charge in [-0.1, -0.05) is 39.8 Å². The molecule has 0 aliphatic carbocycles. The number of carbonyl (C=O) groups excluding carboxylic acids is 1. The van der Waals surface area contributed by atoms with Gasteiger partial charge in [0.15, 0.2) is 0 Å². The van der Waals surface area contributed by atoms with E-state index in [9.17, 15) is 4.79 Å². The van der Waals surface area contributed by atoms with Crippen molar-refractivity contribution >= 4 is 11.6 Å². The van der Waals surface area contributed by atoms with Crippen molar-refractivity contribution in [3.05, 3.63) is 28.8 Å². The number of rotatable bonds is 2. The lowest BCUT2D eigenvalue weighted by Gasteiger charge is -2.31. The van der Waals surface area contributed by atoms with Gasteiger partial charge in [-0.15, -0.1) is 0 Å². The lowest BCUT2D eigenvalue weighted by Crippen LogP contribution is -2.29. The number of carbonyl (C=O) groups is 1. The highest BCUT2D eigenvalue weighted by Gasteiger charge is 2.28. The number of nitrogens with one attached hydrogen (secondary N) is 1. The summed E-state index contributed by atoms with van der Waals surface area (Å²) < 4.78 is 0. The molecule has 2 rings (SSSR count). The van der Waals surface area contributed by atoms with E-state index in [0.717, 1.165) is 24.1 Å². The van der Waals surface area contributed by atoms with Gasteiger partial charge in [0.25, 0.3) is 0 Å². The molecular formula is C16H24N2O. The number of aryl methyl sites for hydroxylation is 2. The summed E-state index contributed by atoms with van der Waals surface area (Å²) in [6.07, 6.45) is 2.38. The summed E-state index contributed by atoms with van der Waals surface area (Å²) in [5, 5.41) is 3.01. The summed E-state index contributed by atoms with van der Waals surface area (Å²) in [5.74, 6) is 0.0964. The fourth-order valence-electron chi connectivity index (χ4n) is 2.51. The Hall–Kier alpha value is -1.35. The molecule has 0 saturated carbocycles. The van der Waals surface area contributed by atoms with Crippen LogP contribution in [0.3, 0.4) is 0 Å². The van der Waals surface area contributed by atoms with Crippen LogP contribution < -0.4 is 11.1 Å². The molecule has 0 saturated heterocycles. The Morgan fingerprint density at radius 3 is 2.58 bits per heavy atom. The largest absolute Gasteiger partial charge is 0.326 e. The lowest BCUT2D eigenvalue weighted by atomic mass is 9.80. The first-order chi connectivity index (χ1) is 8.82. The van der Waals surface area contributed by atoms with Crippen LogP contribution in [0, 0.1) is 5.41 Å². The Kier molecular flexibility index (Phi) is 3.68. The molecule has 3 nitrogen and oxygen atoms in total. The van der Waals surface area contributed by atoms with Crippen LogP contribution in [0.5, 0.6) is 0 Å². The predicted octanol–water partition coefficient (Wildman–Crippen LogP) is 3.18. The van der Waals surface area contributed by atoms with Gasteiger partial charge in [0.1, 0.15) is 0 Å². The summed E-state index contributed by atoms with van der Waals surface area (Å²) in [5.41, 5.74) is 10.9. The predicted molar refractivity (Wildman–Crippen MR) is 79.2 cm³/mol. The molecule has 1 aromatic carbocycles. The molecule has 3 N–H and O–H groups in total. The van der Waals surface area contributed by atoms with Crippen LogP contribution in [0.2, 0.25) is 0 Å². The molecule has 0 radical (unpaired) electrons. The minimum Gasteiger partial charge on any atom is -0.326 e. The molecule has 1 aromatic rings. The second-order valence-electron chi connectivity index (χ2n) is 6.46. The topological polar surface area (TPSA) is 55.1 Å². The van der Waals surface area contributed by atoms with Crippen molar-refractivity contribution in [1.82, 2.24) is 0 Å². The van der Waals surface area contributed by atoms with Crippen LogP contribution in [0.1, 0.15) is 56.8 Å². The number of anilines is 1. The van der Waals surface area contributed by atoms with Crippen LogP contribution in [0.25, 0.3) is 0 Å². The summed E-state index contributed by atoms with van der Waals surface area (Å²) in [6, 6.07) is 4.28. The van der Waals surface area contributed by atoms with Gasteiger partial charge in [0.05, 0.1) is 0 Å². The maximum atomic E-state index is 11.7. The summed E-state index contributed by atoms with van der Waals surface area (Å²) in [6.45, 7) is 8.55. The van der Waals surface area contributed by atoms with Gasteiger partial charge >= 0.3 is 0 Å². The van der Waals surface area contributed by atoms with Crippen molar-refractivity contribution in [3.63, 3.8) is 0 Å². The molecule has 104 valence electrons. The van der Waals surface area contributed by atoms with E-state index in [4.69, 9.17) is 5.73 Å². The maximum absolute atomic E-state index is 11.7. The van der Waals surface area contributed by atoms with Gasteiger partial charge in [0, 0.05) is 18.2 Å². The van der Waals surface area contributed by atoms with Crippen LogP contribution >= 0.6 is 0 Å². The van der Waals surface area contributed by atoms with Crippen molar-refractivity contribution in [2.75, 3.05) is 5.32 Å². The second kappa shape index (κ2) is 4.97. The average Bonchev–Trinajstić information content (AvgIpc) is 2.35. The molecule has 1 aliphatic rings. The molecule has 3 heteroatoms. The molecule has 1 amide bonds. The summed E-state index contributed by atoms with van der Waals surface area (Å²) in [4.78, 5) is 11.7. The van der Waals surface area contributed by atoms with E-state index in [2.05, 4.69) is 45.1 Å². The molecule has 0 spiro atoms. The zero-order valence-electron chi connectivity index (χ0n) is 12.3. The first kappa shape index (κ1) is 14.1. The highest BCUT2D eigenvalue weighted by Crippen LogP contribution is 2.38. The molecule has 1 unspecified atom stereocenters. The van der Waals surface area contributed by atoms with E-state index in [1.807, 2.05) is 0 Å². The first-order valence-corrected chi connectivity index (χ1v) is 7.04. The van der Waals surface area contributed by atoms with Gasteiger partial charge in [-0.25, -0.2) is 0 Å². The number of fused-ring (bicyclic) bond motifs is 1. The van der Waals surface area contributed by atoms with Crippen molar-refractivity contribution in [3.8, 4) is 0 Å². The molecular weight excluding hydrogens is 236 g/mol. The van der Waals surface area contributed by atoms with Gasteiger partial charge < -0.3 is 11.1 Å². The molecule has 0 fully saturated rings. The van der Waals surface area contributed by atoms with E-state index >= 15 is 0 Å². The van der Waals surface area contributed by atoms with Crippen molar-refractivity contribution in [2.45, 2.75) is 53.0 Å². The third-order valence-corrected chi connectivity index (χ3v) is 3.87. The van der Waals surface area contributed by atoms with E-state index in [-0.39, 0.29) is 17.4 Å². The lowest BCUT2D eigenvalue weighted by molar-refractivity contribution is -0.116. The van der Waals surface area contributed by atoms with Gasteiger partial charge in [-0.2, -0.15) is 0 Å². The van der Waals surface area contributed by atoms with E-state index in [0.29, 0.717) is 6.42 Å². The van der Waals surface area contributed by atoms with Crippen molar-refractivity contribution in [2.24, 2.45) is 11.1 Å². The van der Waals surface area contributed by atoms with Crippen LogP contribution in [-0.2, 0) is 17.6 Å². The van der Waals surface area contributed by atoms with Crippen molar-refractivity contribution in [1.29, 1.82) is 0 Å². The molecule has 1 heterocycles. The number of benzene rings is 1. The van der Waals surface area contributed by atoms with E-state index in [1.165, 1.54) is 11.1 Å². The molecule has 0 bridgehead atoms. The van der Waals surface area contributed by atoms with Crippen LogP contribution in [0.4, 0.5) is 5.69 Å². The van der Waals surface area contributed by atoms with Gasteiger partial charge in [0.2, 0.25) is 5.91 Å². The Balaban J connectivity index is 2.55. The molecule has 1 aliphatic heterocycles. The first-order valence-electron chi connectivity index (χ1n) is 7.04. The van der Waals surface area contributed by atoms with Crippen LogP contribution in [-0.4, -0.2) is 5.91 Å². The quantitative estimate of drug-likeness (QED) is 0.858. The number of amides is 1. The third kappa shape index (κ3) is 2.81. The normalized spacial score (nSPS) is 16.8. The molecule has 19 heavy (non-hydrogen) atoms. The molecule has 0 aromatic heterocycles. The van der Waals surface area contributed by atoms with Crippen molar-refractivity contribution < 1.29 is 4.79 Å². The standard InChI is InChI=1S/C16H24N2O/c1-5-10-8-11-6-7-13(19)18-14(11)12(9-10)15(17)16(2,3)4/h8-9,15H,5-7,17H2,1-4H3,(H,18,19). The third-order valence-electron chi connectivity index (χ3n) is 3.87. The monoisotopic (exact) mass is 260 g/mol. The highest BCUT2D eigenvalue weighted by atomic mass is 16.1. The average molecular weight is 260 g/mol. The summed E-state index contributed by atoms with van der Waals surface area (Å²) in [7, 11) is 0. The summed E-state index contributed by atoms with van der Waals surface area (Å²) >= 11 is 0. The minimum absolute atomic E-state index is 0.0255. The van der Waals surface area contributed by atoms with Gasteiger partial charge in [-0.05, 0) is 34.9 Å². The smallest absolute Gasteiger partial charge is 0.224 e. The number of hydrogen-bond acceptors (Lipinski definition) is 2. The number of hydrogen-bond donors (Lipinski definition) is 2. The Bertz CT molecular complexity index is 500. The van der Waals surface area contributed by atoms with Crippen LogP contribution in [0.15, 0.2) is 12.1 Å². The SMILES string of the molecule is CCc1cc2c(c(C(N)C(C)(C)C)c1)NC(=O)CC2. The van der Waals surface area contributed by atoms with Gasteiger partial charge in [-0.3, -0.25) is 4.79 Å². The highest BCUT2D eigenvalue weighted by molar-refractivity contribution is 5.95. The fourth-order valence-corrected chi connectivity index (χ4v) is 2.51. The minimum atomic E-state index is -0.0776. The molecule has 1 atom stereocenters. The zero-order valence-corrected chi connectivity index (χ0v) is 12.3. The Labute approximate surface area is 115 Å². The fraction of sp³-hybridized carbons (Fsp3) is 0.562. The zero-order chi connectivity index (χ0) is 14.2. The Morgan fingerprint density at radius 2 is 2.00 bits per heavy atom. The number of nitrogens with two attached hydrogens (primary N) is 1. The second-order valence-corrected chi connectivity index (χ2v) is 6.46. The van der Waals surface area contributed by atoms with E-state index < -0.39 is 0 Å². The Morgan fingerprint density at radius 1 is 1.32 bits per heavy atom. The van der Waals surface area contributed by atoms with E-state index in [1.54, 1.807) is 0 Å². The maximum Gasteiger partial charge on any atom is 0.224 e.